The highest BCUT2D eigenvalue weighted by Gasteiger charge is 2.21. The van der Waals surface area contributed by atoms with Crippen molar-refractivity contribution in [3.63, 3.8) is 0 Å². The third-order valence-corrected chi connectivity index (χ3v) is 4.59. The normalized spacial score (nSPS) is 18.6. The van der Waals surface area contributed by atoms with Crippen molar-refractivity contribution in [2.75, 3.05) is 18.0 Å². The zero-order chi connectivity index (χ0) is 13.8. The van der Waals surface area contributed by atoms with Crippen LogP contribution in [0.25, 0.3) is 0 Å². The van der Waals surface area contributed by atoms with Gasteiger partial charge < -0.3 is 10.0 Å². The number of aliphatic hydroxyl groups excluding tert-OH is 1. The van der Waals surface area contributed by atoms with Crippen LogP contribution in [0.5, 0.6) is 0 Å². The summed E-state index contributed by atoms with van der Waals surface area (Å²) >= 11 is 3.54. The zero-order valence-corrected chi connectivity index (χ0v) is 13.5. The van der Waals surface area contributed by atoms with E-state index in [0.717, 1.165) is 29.0 Å². The largest absolute Gasteiger partial charge is 0.389 e. The van der Waals surface area contributed by atoms with Gasteiger partial charge >= 0.3 is 0 Å². The van der Waals surface area contributed by atoms with Crippen molar-refractivity contribution in [1.29, 1.82) is 0 Å². The average molecular weight is 326 g/mol. The van der Waals surface area contributed by atoms with Crippen LogP contribution in [0, 0.1) is 5.92 Å². The maximum Gasteiger partial charge on any atom is 0.0782 e. The van der Waals surface area contributed by atoms with Crippen LogP contribution in [0.4, 0.5) is 5.69 Å². The average Bonchev–Trinajstić information content (AvgIpc) is 2.39. The molecule has 0 bridgehead atoms. The minimum atomic E-state index is -0.406. The molecule has 0 aromatic heterocycles. The van der Waals surface area contributed by atoms with E-state index in [-0.39, 0.29) is 0 Å². The number of hydrogen-bond acceptors (Lipinski definition) is 2. The van der Waals surface area contributed by atoms with Gasteiger partial charge in [-0.15, -0.1) is 0 Å². The van der Waals surface area contributed by atoms with Gasteiger partial charge in [-0.25, -0.2) is 0 Å². The Bertz CT molecular complexity index is 411. The molecule has 1 saturated heterocycles. The third kappa shape index (κ3) is 3.73. The molecule has 1 aromatic carbocycles. The topological polar surface area (TPSA) is 23.5 Å². The van der Waals surface area contributed by atoms with Crippen LogP contribution in [0.3, 0.4) is 0 Å². The quantitative estimate of drug-likeness (QED) is 0.879. The molecular weight excluding hydrogens is 302 g/mol. The van der Waals surface area contributed by atoms with Crippen LogP contribution in [0.1, 0.15) is 51.2 Å². The Labute approximate surface area is 124 Å². The van der Waals surface area contributed by atoms with Gasteiger partial charge in [0.1, 0.15) is 0 Å². The number of halogens is 1. The minimum absolute atomic E-state index is 0.406. The third-order valence-electron chi connectivity index (χ3n) is 4.09. The number of rotatable bonds is 4. The first kappa shape index (κ1) is 14.9. The van der Waals surface area contributed by atoms with Crippen LogP contribution < -0.4 is 4.90 Å². The second-order valence-electron chi connectivity index (χ2n) is 5.60. The highest BCUT2D eigenvalue weighted by molar-refractivity contribution is 9.10. The summed E-state index contributed by atoms with van der Waals surface area (Å²) < 4.78 is 1.09. The predicted octanol–water partition coefficient (Wildman–Crippen LogP) is 4.52. The molecular formula is C16H24BrNO. The van der Waals surface area contributed by atoms with E-state index in [2.05, 4.69) is 33.8 Å². The van der Waals surface area contributed by atoms with Gasteiger partial charge in [-0.1, -0.05) is 41.8 Å². The first-order valence-electron chi connectivity index (χ1n) is 7.34. The van der Waals surface area contributed by atoms with E-state index < -0.39 is 6.10 Å². The van der Waals surface area contributed by atoms with Crippen LogP contribution >= 0.6 is 15.9 Å². The van der Waals surface area contributed by atoms with Gasteiger partial charge in [-0.05, 0) is 37.8 Å². The summed E-state index contributed by atoms with van der Waals surface area (Å²) in [6, 6.07) is 6.18. The van der Waals surface area contributed by atoms with Gasteiger partial charge in [0.2, 0.25) is 0 Å². The monoisotopic (exact) mass is 325 g/mol. The van der Waals surface area contributed by atoms with Crippen molar-refractivity contribution < 1.29 is 5.11 Å². The number of anilines is 1. The number of hydrogen-bond donors (Lipinski definition) is 1. The van der Waals surface area contributed by atoms with Gasteiger partial charge in [0.25, 0.3) is 0 Å². The Balaban J connectivity index is 2.12. The summed E-state index contributed by atoms with van der Waals surface area (Å²) in [6.45, 7) is 6.34. The molecule has 0 radical (unpaired) electrons. The maximum absolute atomic E-state index is 9.92. The van der Waals surface area contributed by atoms with E-state index in [4.69, 9.17) is 0 Å². The fraction of sp³-hybridized carbons (Fsp3) is 0.625. The first-order valence-corrected chi connectivity index (χ1v) is 8.13. The van der Waals surface area contributed by atoms with Crippen LogP contribution in [-0.2, 0) is 0 Å². The summed E-state index contributed by atoms with van der Waals surface area (Å²) in [5.74, 6) is 0.892. The van der Waals surface area contributed by atoms with E-state index in [1.807, 2.05) is 19.1 Å². The summed E-state index contributed by atoms with van der Waals surface area (Å²) in [5.41, 5.74) is 2.23. The minimum Gasteiger partial charge on any atom is -0.389 e. The second-order valence-corrected chi connectivity index (χ2v) is 6.51. The Morgan fingerprint density at radius 2 is 2.05 bits per heavy atom. The van der Waals surface area contributed by atoms with Crippen molar-refractivity contribution in [2.24, 2.45) is 5.92 Å². The summed E-state index contributed by atoms with van der Waals surface area (Å²) in [5, 5.41) is 9.92. The highest BCUT2D eigenvalue weighted by Crippen LogP contribution is 2.33. The van der Waals surface area contributed by atoms with Gasteiger partial charge in [-0.3, -0.25) is 0 Å². The lowest BCUT2D eigenvalue weighted by molar-refractivity contribution is 0.199. The van der Waals surface area contributed by atoms with Crippen LogP contribution in [-0.4, -0.2) is 18.2 Å². The van der Waals surface area contributed by atoms with Crippen molar-refractivity contribution in [1.82, 2.24) is 0 Å². The van der Waals surface area contributed by atoms with Crippen LogP contribution in [0.2, 0.25) is 0 Å². The lowest BCUT2D eigenvalue weighted by atomic mass is 9.92. The zero-order valence-electron chi connectivity index (χ0n) is 11.9. The molecule has 0 spiro atoms. The molecule has 0 saturated carbocycles. The molecule has 1 fully saturated rings. The maximum atomic E-state index is 9.92. The van der Waals surface area contributed by atoms with E-state index >= 15 is 0 Å². The molecule has 1 heterocycles. The predicted molar refractivity (Wildman–Crippen MR) is 84.6 cm³/mol. The standard InChI is InChI=1S/C16H24BrNO/c1-3-4-13-7-9-18(10-8-13)16-11-14(17)5-6-15(16)12(2)19/h5-6,11-13,19H,3-4,7-10H2,1-2H3. The Kier molecular flexibility index (Phi) is 5.28. The first-order chi connectivity index (χ1) is 9.11. The molecule has 1 atom stereocenters. The van der Waals surface area contributed by atoms with E-state index in [9.17, 15) is 5.11 Å². The van der Waals surface area contributed by atoms with Gasteiger partial charge in [-0.2, -0.15) is 0 Å². The Hall–Kier alpha value is -0.540. The molecule has 106 valence electrons. The lowest BCUT2D eigenvalue weighted by Crippen LogP contribution is -2.34. The van der Waals surface area contributed by atoms with E-state index in [1.54, 1.807) is 0 Å². The molecule has 2 rings (SSSR count). The molecule has 1 N–H and O–H groups in total. The van der Waals surface area contributed by atoms with Crippen molar-refractivity contribution >= 4 is 21.6 Å². The fourth-order valence-electron chi connectivity index (χ4n) is 3.01. The number of nitrogens with zero attached hydrogens (tertiary/aromatic N) is 1. The SMILES string of the molecule is CCCC1CCN(c2cc(Br)ccc2C(C)O)CC1. The number of piperidine rings is 1. The van der Waals surface area contributed by atoms with Gasteiger partial charge in [0, 0.05) is 28.8 Å². The molecule has 19 heavy (non-hydrogen) atoms. The fourth-order valence-corrected chi connectivity index (χ4v) is 3.36. The molecule has 2 nitrogen and oxygen atoms in total. The molecule has 1 aliphatic rings. The molecule has 1 aliphatic heterocycles. The second kappa shape index (κ2) is 6.76. The van der Waals surface area contributed by atoms with Crippen LogP contribution in [0.15, 0.2) is 22.7 Å². The molecule has 0 amide bonds. The van der Waals surface area contributed by atoms with Gasteiger partial charge in [0.15, 0.2) is 0 Å². The molecule has 0 aliphatic carbocycles. The molecule has 1 aromatic rings. The highest BCUT2D eigenvalue weighted by atomic mass is 79.9. The van der Waals surface area contributed by atoms with Crippen molar-refractivity contribution in [2.45, 2.75) is 45.6 Å². The smallest absolute Gasteiger partial charge is 0.0782 e. The van der Waals surface area contributed by atoms with Gasteiger partial charge in [0.05, 0.1) is 6.10 Å². The molecule has 1 unspecified atom stereocenters. The molecule has 3 heteroatoms. The Morgan fingerprint density at radius 3 is 2.63 bits per heavy atom. The number of benzene rings is 1. The van der Waals surface area contributed by atoms with Crippen molar-refractivity contribution in [3.8, 4) is 0 Å². The summed E-state index contributed by atoms with van der Waals surface area (Å²) in [4.78, 5) is 2.43. The lowest BCUT2D eigenvalue weighted by Gasteiger charge is -2.35. The summed E-state index contributed by atoms with van der Waals surface area (Å²) in [6.07, 6.45) is 4.80. The van der Waals surface area contributed by atoms with E-state index in [0.29, 0.717) is 0 Å². The number of aliphatic hydroxyl groups is 1. The van der Waals surface area contributed by atoms with E-state index in [1.165, 1.54) is 31.4 Å². The van der Waals surface area contributed by atoms with Crippen molar-refractivity contribution in [3.05, 3.63) is 28.2 Å². The summed E-state index contributed by atoms with van der Waals surface area (Å²) in [7, 11) is 0. The Morgan fingerprint density at radius 1 is 1.37 bits per heavy atom.